The fourth-order valence-electron chi connectivity index (χ4n) is 8.26. The van der Waals surface area contributed by atoms with Crippen LogP contribution in [0, 0.1) is 23.2 Å². The number of aromatic hydroxyl groups is 1. The highest BCUT2D eigenvalue weighted by Crippen LogP contribution is 2.62. The van der Waals surface area contributed by atoms with Crippen LogP contribution in [0.15, 0.2) is 30.4 Å². The van der Waals surface area contributed by atoms with Crippen LogP contribution >= 0.6 is 0 Å². The number of carbonyl (C=O) groups is 2. The van der Waals surface area contributed by atoms with Gasteiger partial charge in [-0.3, -0.25) is 9.59 Å². The molecule has 0 heterocycles. The van der Waals surface area contributed by atoms with E-state index in [0.29, 0.717) is 47.5 Å². The van der Waals surface area contributed by atoms with Crippen LogP contribution in [0.4, 0.5) is 0 Å². The van der Waals surface area contributed by atoms with Crippen molar-refractivity contribution in [3.63, 3.8) is 0 Å². The Kier molecular flexibility index (Phi) is 10.3. The fourth-order valence-corrected chi connectivity index (χ4v) is 8.26. The SMILES string of the molecule is C=C1CC2C3C(CC[C@]2(C)C1=O)c1ccc(O)cc1C[C@H]3CCCCCCCCCCC(=O)N(C)CCCC. The predicted molar refractivity (Wildman–Crippen MR) is 160 cm³/mol. The molecule has 2 saturated carbocycles. The Morgan fingerprint density at radius 3 is 2.46 bits per heavy atom. The van der Waals surface area contributed by atoms with Crippen LogP contribution in [0.5, 0.6) is 5.75 Å². The van der Waals surface area contributed by atoms with E-state index in [1.807, 2.05) is 24.1 Å². The summed E-state index contributed by atoms with van der Waals surface area (Å²) in [4.78, 5) is 27.2. The largest absolute Gasteiger partial charge is 0.508 e. The molecule has 216 valence electrons. The van der Waals surface area contributed by atoms with Crippen molar-refractivity contribution < 1.29 is 14.7 Å². The standard InChI is InChI=1S/C35H53NO3/c1-5-6-21-36(4)32(38)16-14-12-10-8-7-9-11-13-15-26-23-27-24-28(37)17-18-29(27)30-19-20-35(3)31(33(26)30)22-25(2)34(35)39/h17-18,24,26,30-31,33,37H,2,5-16,19-23H2,1,3-4H3/t26-,30?,31?,33?,35+/m1/s1. The van der Waals surface area contributed by atoms with Crippen LogP contribution < -0.4 is 0 Å². The van der Waals surface area contributed by atoms with Gasteiger partial charge in [-0.15, -0.1) is 0 Å². The lowest BCUT2D eigenvalue weighted by atomic mass is 9.52. The highest BCUT2D eigenvalue weighted by Gasteiger charge is 2.57. The Bertz CT molecular complexity index is 1020. The van der Waals surface area contributed by atoms with E-state index in [-0.39, 0.29) is 5.41 Å². The first kappa shape index (κ1) is 29.9. The van der Waals surface area contributed by atoms with E-state index < -0.39 is 0 Å². The van der Waals surface area contributed by atoms with Crippen LogP contribution in [0.2, 0.25) is 0 Å². The van der Waals surface area contributed by atoms with Gasteiger partial charge in [0.2, 0.25) is 5.91 Å². The Morgan fingerprint density at radius 2 is 1.74 bits per heavy atom. The van der Waals surface area contributed by atoms with Crippen LogP contribution in [-0.2, 0) is 16.0 Å². The molecule has 3 aliphatic carbocycles. The molecule has 1 N–H and O–H groups in total. The molecule has 3 unspecified atom stereocenters. The second kappa shape index (κ2) is 13.5. The monoisotopic (exact) mass is 535 g/mol. The topological polar surface area (TPSA) is 57.6 Å². The summed E-state index contributed by atoms with van der Waals surface area (Å²) in [6.07, 6.45) is 17.9. The third kappa shape index (κ3) is 6.80. The number of unbranched alkanes of at least 4 members (excludes halogenated alkanes) is 8. The Balaban J connectivity index is 1.22. The van der Waals surface area contributed by atoms with E-state index in [1.54, 1.807) is 0 Å². The number of phenols is 1. The van der Waals surface area contributed by atoms with Crippen molar-refractivity contribution >= 4 is 11.7 Å². The summed E-state index contributed by atoms with van der Waals surface area (Å²) in [7, 11) is 1.94. The number of allylic oxidation sites excluding steroid dienone is 1. The number of hydrogen-bond acceptors (Lipinski definition) is 3. The number of rotatable bonds is 14. The molecule has 4 nitrogen and oxygen atoms in total. The molecular formula is C35H53NO3. The summed E-state index contributed by atoms with van der Waals surface area (Å²) in [5.74, 6) is 3.07. The number of Topliss-reactive ketones (excluding diaryl/α,β-unsaturated/α-hetero) is 1. The number of phenolic OH excluding ortho intramolecular Hbond substituents is 1. The van der Waals surface area contributed by atoms with E-state index in [1.165, 1.54) is 56.1 Å². The number of hydrogen-bond donors (Lipinski definition) is 1. The summed E-state index contributed by atoms with van der Waals surface area (Å²) < 4.78 is 0. The first-order chi connectivity index (χ1) is 18.8. The molecule has 39 heavy (non-hydrogen) atoms. The number of fused-ring (bicyclic) bond motifs is 5. The van der Waals surface area contributed by atoms with Crippen molar-refractivity contribution in [2.45, 2.75) is 122 Å². The molecule has 0 bridgehead atoms. The maximum absolute atomic E-state index is 13.1. The predicted octanol–water partition coefficient (Wildman–Crippen LogP) is 8.37. The maximum atomic E-state index is 13.1. The fraction of sp³-hybridized carbons (Fsp3) is 0.714. The van der Waals surface area contributed by atoms with E-state index in [9.17, 15) is 14.7 Å². The van der Waals surface area contributed by atoms with Gasteiger partial charge in [0, 0.05) is 25.4 Å². The second-order valence-electron chi connectivity index (χ2n) is 13.3. The van der Waals surface area contributed by atoms with Crippen molar-refractivity contribution in [2.24, 2.45) is 23.2 Å². The smallest absolute Gasteiger partial charge is 0.222 e. The maximum Gasteiger partial charge on any atom is 0.222 e. The molecule has 5 atom stereocenters. The zero-order chi connectivity index (χ0) is 28.0. The third-order valence-electron chi connectivity index (χ3n) is 10.6. The number of amides is 1. The minimum atomic E-state index is -0.222. The Hall–Kier alpha value is -2.10. The van der Waals surface area contributed by atoms with Gasteiger partial charge in [-0.25, -0.2) is 0 Å². The van der Waals surface area contributed by atoms with Crippen molar-refractivity contribution in [1.29, 1.82) is 0 Å². The molecule has 1 amide bonds. The highest BCUT2D eigenvalue weighted by molar-refractivity contribution is 6.02. The lowest BCUT2D eigenvalue weighted by Crippen LogP contribution is -2.46. The van der Waals surface area contributed by atoms with E-state index in [4.69, 9.17) is 0 Å². The van der Waals surface area contributed by atoms with Gasteiger partial charge < -0.3 is 10.0 Å². The second-order valence-corrected chi connectivity index (χ2v) is 13.3. The summed E-state index contributed by atoms with van der Waals surface area (Å²) in [5.41, 5.74) is 3.39. The van der Waals surface area contributed by atoms with Crippen LogP contribution in [0.1, 0.15) is 127 Å². The first-order valence-corrected chi connectivity index (χ1v) is 16.0. The molecule has 1 aromatic rings. The number of nitrogens with zero attached hydrogens (tertiary/aromatic N) is 1. The lowest BCUT2D eigenvalue weighted by molar-refractivity contribution is -0.130. The molecule has 4 rings (SSSR count). The molecule has 2 fully saturated rings. The van der Waals surface area contributed by atoms with Gasteiger partial charge in [0.05, 0.1) is 0 Å². The molecule has 0 aliphatic heterocycles. The van der Waals surface area contributed by atoms with Crippen molar-refractivity contribution in [3.8, 4) is 5.75 Å². The first-order valence-electron chi connectivity index (χ1n) is 16.0. The molecule has 0 aromatic heterocycles. The van der Waals surface area contributed by atoms with Gasteiger partial charge in [-0.05, 0) is 97.5 Å². The lowest BCUT2D eigenvalue weighted by Gasteiger charge is -2.51. The third-order valence-corrected chi connectivity index (χ3v) is 10.6. The minimum Gasteiger partial charge on any atom is -0.508 e. The average Bonchev–Trinajstić information content (AvgIpc) is 3.15. The summed E-state index contributed by atoms with van der Waals surface area (Å²) in [6, 6.07) is 6.02. The summed E-state index contributed by atoms with van der Waals surface area (Å²) in [5, 5.41) is 10.2. The zero-order valence-electron chi connectivity index (χ0n) is 25.0. The minimum absolute atomic E-state index is 0.222. The molecule has 3 aliphatic rings. The molecule has 0 radical (unpaired) electrons. The number of ketones is 1. The van der Waals surface area contributed by atoms with Crippen molar-refractivity contribution in [2.75, 3.05) is 13.6 Å². The van der Waals surface area contributed by atoms with Gasteiger partial charge in [0.15, 0.2) is 5.78 Å². The molecular weight excluding hydrogens is 482 g/mol. The van der Waals surface area contributed by atoms with Crippen LogP contribution in [0.25, 0.3) is 0 Å². The van der Waals surface area contributed by atoms with E-state index >= 15 is 0 Å². The summed E-state index contributed by atoms with van der Waals surface area (Å²) >= 11 is 0. The Morgan fingerprint density at radius 1 is 1.05 bits per heavy atom. The quantitative estimate of drug-likeness (QED) is 0.192. The molecule has 4 heteroatoms. The van der Waals surface area contributed by atoms with Crippen LogP contribution in [0.3, 0.4) is 0 Å². The number of benzene rings is 1. The van der Waals surface area contributed by atoms with Crippen molar-refractivity contribution in [3.05, 3.63) is 41.5 Å². The summed E-state index contributed by atoms with van der Waals surface area (Å²) in [6.45, 7) is 9.44. The van der Waals surface area contributed by atoms with Crippen molar-refractivity contribution in [1.82, 2.24) is 4.90 Å². The average molecular weight is 536 g/mol. The zero-order valence-corrected chi connectivity index (χ0v) is 25.0. The Labute approximate surface area is 237 Å². The van der Waals surface area contributed by atoms with Gasteiger partial charge >= 0.3 is 0 Å². The van der Waals surface area contributed by atoms with Gasteiger partial charge in [-0.2, -0.15) is 0 Å². The van der Waals surface area contributed by atoms with E-state index in [0.717, 1.165) is 63.5 Å². The van der Waals surface area contributed by atoms with Crippen LogP contribution in [-0.4, -0.2) is 35.3 Å². The van der Waals surface area contributed by atoms with E-state index in [2.05, 4.69) is 26.5 Å². The molecule has 1 aromatic carbocycles. The molecule has 0 spiro atoms. The normalized spacial score (nSPS) is 27.7. The number of carbonyl (C=O) groups excluding carboxylic acids is 2. The van der Waals surface area contributed by atoms with Gasteiger partial charge in [0.25, 0.3) is 0 Å². The van der Waals surface area contributed by atoms with Gasteiger partial charge in [-0.1, -0.05) is 77.9 Å². The highest BCUT2D eigenvalue weighted by atomic mass is 16.3. The van der Waals surface area contributed by atoms with Gasteiger partial charge in [0.1, 0.15) is 5.75 Å². The molecule has 0 saturated heterocycles.